The van der Waals surface area contributed by atoms with Gasteiger partial charge in [-0.1, -0.05) is 0 Å². The molecule has 3 aliphatic rings. The number of furan rings is 1. The highest BCUT2D eigenvalue weighted by Gasteiger charge is 2.36. The second-order valence-corrected chi connectivity index (χ2v) is 11.5. The first-order chi connectivity index (χ1) is 17.3. The van der Waals surface area contributed by atoms with Gasteiger partial charge in [-0.15, -0.1) is 0 Å². The van der Waals surface area contributed by atoms with E-state index in [9.17, 15) is 18.0 Å². The standard InChI is InChI=1S/C25H31N3O7S/c1-17-12-21-22(35-16-24(29)26-21)13-23(17)36(31,32)28-8-6-18(7-9-28)25(30)27(14-19-4-2-10-33-19)15-20-5-3-11-34-20/h2,4,10,12-13,18,20H,3,5-9,11,14-16H2,1H3,(H,26,29)/t20-/m0/s1. The second-order valence-electron chi connectivity index (χ2n) is 9.56. The van der Waals surface area contributed by atoms with Crippen LogP contribution in [0.3, 0.4) is 0 Å². The number of amides is 2. The minimum absolute atomic E-state index is 0.00745. The van der Waals surface area contributed by atoms with Crippen LogP contribution in [0, 0.1) is 12.8 Å². The van der Waals surface area contributed by atoms with Crippen LogP contribution in [0.15, 0.2) is 39.8 Å². The van der Waals surface area contributed by atoms with Crippen LogP contribution in [-0.4, -0.2) is 68.4 Å². The Bertz CT molecular complexity index is 1210. The molecule has 0 aliphatic carbocycles. The number of piperidine rings is 1. The second kappa shape index (κ2) is 10.2. The van der Waals surface area contributed by atoms with E-state index >= 15 is 0 Å². The van der Waals surface area contributed by atoms with Crippen LogP contribution in [0.5, 0.6) is 5.75 Å². The molecule has 10 nitrogen and oxygen atoms in total. The maximum atomic E-state index is 13.5. The molecular formula is C25H31N3O7S. The van der Waals surface area contributed by atoms with Gasteiger partial charge in [-0.3, -0.25) is 9.59 Å². The molecule has 0 unspecified atom stereocenters. The van der Waals surface area contributed by atoms with Crippen molar-refractivity contribution in [3.05, 3.63) is 41.9 Å². The summed E-state index contributed by atoms with van der Waals surface area (Å²) < 4.78 is 45.0. The van der Waals surface area contributed by atoms with E-state index in [2.05, 4.69) is 5.32 Å². The number of rotatable bonds is 7. The third-order valence-corrected chi connectivity index (χ3v) is 9.06. The smallest absolute Gasteiger partial charge is 0.262 e. The summed E-state index contributed by atoms with van der Waals surface area (Å²) >= 11 is 0. The van der Waals surface area contributed by atoms with Gasteiger partial charge in [-0.2, -0.15) is 4.31 Å². The molecule has 0 saturated carbocycles. The van der Waals surface area contributed by atoms with Gasteiger partial charge in [0.05, 0.1) is 29.5 Å². The fraction of sp³-hybridized carbons (Fsp3) is 0.520. The summed E-state index contributed by atoms with van der Waals surface area (Å²) in [5, 5.41) is 2.70. The largest absolute Gasteiger partial charge is 0.482 e. The zero-order chi connectivity index (χ0) is 25.3. The van der Waals surface area contributed by atoms with Gasteiger partial charge in [0.1, 0.15) is 11.5 Å². The van der Waals surface area contributed by atoms with Crippen molar-refractivity contribution in [1.82, 2.24) is 9.21 Å². The molecule has 2 saturated heterocycles. The average molecular weight is 518 g/mol. The highest BCUT2D eigenvalue weighted by molar-refractivity contribution is 7.89. The van der Waals surface area contributed by atoms with Gasteiger partial charge in [-0.05, 0) is 56.4 Å². The Morgan fingerprint density at radius 2 is 2.03 bits per heavy atom. The average Bonchev–Trinajstić information content (AvgIpc) is 3.57. The van der Waals surface area contributed by atoms with E-state index in [1.54, 1.807) is 30.2 Å². The van der Waals surface area contributed by atoms with Crippen molar-refractivity contribution in [2.24, 2.45) is 5.92 Å². The molecule has 194 valence electrons. The number of nitrogens with one attached hydrogen (secondary N) is 1. The summed E-state index contributed by atoms with van der Waals surface area (Å²) in [6.07, 6.45) is 4.40. The first kappa shape index (κ1) is 24.8. The van der Waals surface area contributed by atoms with Gasteiger partial charge < -0.3 is 24.1 Å². The summed E-state index contributed by atoms with van der Waals surface area (Å²) in [5.41, 5.74) is 0.994. The zero-order valence-corrected chi connectivity index (χ0v) is 21.1. The van der Waals surface area contributed by atoms with Crippen molar-refractivity contribution >= 4 is 27.5 Å². The number of anilines is 1. The number of hydrogen-bond donors (Lipinski definition) is 1. The molecule has 1 atom stereocenters. The lowest BCUT2D eigenvalue weighted by molar-refractivity contribution is -0.139. The molecule has 1 aromatic carbocycles. The van der Waals surface area contributed by atoms with Gasteiger partial charge >= 0.3 is 0 Å². The molecule has 0 bridgehead atoms. The maximum absolute atomic E-state index is 13.5. The number of fused-ring (bicyclic) bond motifs is 1. The Kier molecular flexibility index (Phi) is 7.05. The van der Waals surface area contributed by atoms with Gasteiger partial charge in [0.15, 0.2) is 6.61 Å². The van der Waals surface area contributed by atoms with Gasteiger partial charge in [0.2, 0.25) is 15.9 Å². The number of carbonyl (C=O) groups is 2. The SMILES string of the molecule is Cc1cc2c(cc1S(=O)(=O)N1CCC(C(=O)N(Cc3ccco3)C[C@@H]3CCCO3)CC1)OCC(=O)N2. The molecule has 3 aliphatic heterocycles. The van der Waals surface area contributed by atoms with Crippen molar-refractivity contribution in [2.45, 2.75) is 50.2 Å². The van der Waals surface area contributed by atoms with E-state index < -0.39 is 10.0 Å². The molecule has 5 rings (SSSR count). The molecule has 4 heterocycles. The number of sulfonamides is 1. The van der Waals surface area contributed by atoms with Crippen molar-refractivity contribution in [1.29, 1.82) is 0 Å². The van der Waals surface area contributed by atoms with Gasteiger partial charge in [-0.25, -0.2) is 8.42 Å². The summed E-state index contributed by atoms with van der Waals surface area (Å²) in [6.45, 7) is 3.63. The fourth-order valence-electron chi connectivity index (χ4n) is 5.09. The minimum atomic E-state index is -3.79. The van der Waals surface area contributed by atoms with Crippen molar-refractivity contribution in [3.63, 3.8) is 0 Å². The third kappa shape index (κ3) is 5.14. The predicted molar refractivity (Wildman–Crippen MR) is 130 cm³/mol. The molecule has 0 radical (unpaired) electrons. The molecule has 2 fully saturated rings. The zero-order valence-electron chi connectivity index (χ0n) is 20.3. The van der Waals surface area contributed by atoms with E-state index in [0.717, 1.165) is 12.8 Å². The molecular weight excluding hydrogens is 486 g/mol. The van der Waals surface area contributed by atoms with E-state index in [1.165, 1.54) is 10.4 Å². The lowest BCUT2D eigenvalue weighted by Crippen LogP contribution is -2.46. The first-order valence-corrected chi connectivity index (χ1v) is 13.8. The van der Waals surface area contributed by atoms with Gasteiger partial charge in [0, 0.05) is 38.2 Å². The Balaban J connectivity index is 1.27. The predicted octanol–water partition coefficient (Wildman–Crippen LogP) is 2.53. The van der Waals surface area contributed by atoms with Crippen LogP contribution in [0.4, 0.5) is 5.69 Å². The minimum Gasteiger partial charge on any atom is -0.482 e. The highest BCUT2D eigenvalue weighted by atomic mass is 32.2. The van der Waals surface area contributed by atoms with Crippen LogP contribution < -0.4 is 10.1 Å². The number of ether oxygens (including phenoxy) is 2. The molecule has 1 aromatic heterocycles. The molecule has 2 aromatic rings. The molecule has 2 amide bonds. The highest BCUT2D eigenvalue weighted by Crippen LogP contribution is 2.35. The Morgan fingerprint density at radius 1 is 1.22 bits per heavy atom. The van der Waals surface area contributed by atoms with Crippen molar-refractivity contribution in [2.75, 3.05) is 38.2 Å². The van der Waals surface area contributed by atoms with Crippen LogP contribution in [0.1, 0.15) is 37.0 Å². The summed E-state index contributed by atoms with van der Waals surface area (Å²) in [5.74, 6) is 0.517. The number of benzene rings is 1. The quantitative estimate of drug-likeness (QED) is 0.600. The van der Waals surface area contributed by atoms with E-state index in [0.29, 0.717) is 55.3 Å². The number of nitrogens with zero attached hydrogens (tertiary/aromatic N) is 2. The van der Waals surface area contributed by atoms with Crippen molar-refractivity contribution in [3.8, 4) is 5.75 Å². The number of carbonyl (C=O) groups excluding carboxylic acids is 2. The normalized spacial score (nSPS) is 21.0. The Morgan fingerprint density at radius 3 is 2.72 bits per heavy atom. The van der Waals surface area contributed by atoms with Crippen molar-refractivity contribution < 1.29 is 31.9 Å². The topological polar surface area (TPSA) is 118 Å². The van der Waals surface area contributed by atoms with Crippen LogP contribution >= 0.6 is 0 Å². The first-order valence-electron chi connectivity index (χ1n) is 12.3. The summed E-state index contributed by atoms with van der Waals surface area (Å²) in [4.78, 5) is 27.0. The van der Waals surface area contributed by atoms with Crippen LogP contribution in [-0.2, 0) is 30.9 Å². The monoisotopic (exact) mass is 517 g/mol. The molecule has 36 heavy (non-hydrogen) atoms. The van der Waals surface area contributed by atoms with E-state index in [4.69, 9.17) is 13.9 Å². The summed E-state index contributed by atoms with van der Waals surface area (Å²) in [7, 11) is -3.79. The van der Waals surface area contributed by atoms with Crippen LogP contribution in [0.25, 0.3) is 0 Å². The lowest BCUT2D eigenvalue weighted by Gasteiger charge is -2.34. The lowest BCUT2D eigenvalue weighted by atomic mass is 9.96. The van der Waals surface area contributed by atoms with E-state index in [1.807, 2.05) is 6.07 Å². The third-order valence-electron chi connectivity index (χ3n) is 7.02. The Labute approximate surface area is 210 Å². The summed E-state index contributed by atoms with van der Waals surface area (Å²) in [6, 6.07) is 6.74. The Hall–Kier alpha value is -2.89. The molecule has 0 spiro atoms. The maximum Gasteiger partial charge on any atom is 0.262 e. The molecule has 11 heteroatoms. The van der Waals surface area contributed by atoms with Gasteiger partial charge in [0.25, 0.3) is 5.91 Å². The molecule has 1 N–H and O–H groups in total. The van der Waals surface area contributed by atoms with Crippen LogP contribution in [0.2, 0.25) is 0 Å². The number of hydrogen-bond acceptors (Lipinski definition) is 7. The fourth-order valence-corrected chi connectivity index (χ4v) is 6.78. The number of aryl methyl sites for hydroxylation is 1. The van der Waals surface area contributed by atoms with E-state index in [-0.39, 0.29) is 48.4 Å².